The molecule has 0 saturated heterocycles. The Morgan fingerprint density at radius 2 is 0.867 bits per heavy atom. The summed E-state index contributed by atoms with van der Waals surface area (Å²) in [4.78, 5) is 60.3. The van der Waals surface area contributed by atoms with E-state index in [1.54, 1.807) is 36.4 Å². The lowest BCUT2D eigenvalue weighted by Crippen LogP contribution is -2.38. The highest BCUT2D eigenvalue weighted by atomic mass is 16.5. The Morgan fingerprint density at radius 1 is 0.517 bits per heavy atom. The first kappa shape index (κ1) is 39.5. The number of ketones is 2. The fraction of sp³-hybridized carbons (Fsp3) is 0.208. The van der Waals surface area contributed by atoms with Crippen molar-refractivity contribution in [1.29, 1.82) is 0 Å². The van der Waals surface area contributed by atoms with Gasteiger partial charge in [-0.05, 0) is 108 Å². The molecule has 60 heavy (non-hydrogen) atoms. The van der Waals surface area contributed by atoms with Crippen molar-refractivity contribution in [3.05, 3.63) is 153 Å². The third-order valence-electron chi connectivity index (χ3n) is 10.7. The number of nitrogens with one attached hydrogen (secondary N) is 2. The van der Waals surface area contributed by atoms with Crippen molar-refractivity contribution in [3.63, 3.8) is 0 Å². The molecule has 8 rings (SSSR count). The van der Waals surface area contributed by atoms with Gasteiger partial charge in [-0.25, -0.2) is 9.98 Å². The van der Waals surface area contributed by atoms with Crippen LogP contribution in [-0.2, 0) is 44.9 Å². The number of phenolic OH excluding ortho intramolecular Hbond substituents is 2. The molecule has 4 N–H and O–H groups in total. The van der Waals surface area contributed by atoms with E-state index in [1.165, 1.54) is 24.3 Å². The van der Waals surface area contributed by atoms with Crippen molar-refractivity contribution in [2.75, 3.05) is 26.3 Å². The lowest BCUT2D eigenvalue weighted by molar-refractivity contribution is -0.124. The molecular weight excluding hydrogens is 761 g/mol. The Balaban J connectivity index is 1.37. The number of nitrogens with zero attached hydrogens (tertiary/aromatic N) is 2. The van der Waals surface area contributed by atoms with Crippen molar-refractivity contribution in [3.8, 4) is 23.0 Å². The van der Waals surface area contributed by atoms with Crippen LogP contribution in [0.4, 0.5) is 11.4 Å². The summed E-state index contributed by atoms with van der Waals surface area (Å²) >= 11 is 0. The molecule has 0 unspecified atom stereocenters. The number of fused-ring (bicyclic) bond motifs is 2. The number of ether oxygens (including phenoxy) is 2. The molecule has 2 amide bonds. The van der Waals surface area contributed by atoms with Crippen LogP contribution in [0.3, 0.4) is 0 Å². The summed E-state index contributed by atoms with van der Waals surface area (Å²) in [6.45, 7) is 3.27. The topological polar surface area (TPSA) is 176 Å². The van der Waals surface area contributed by atoms with Crippen LogP contribution >= 0.6 is 0 Å². The van der Waals surface area contributed by atoms with Crippen LogP contribution in [0.1, 0.15) is 58.4 Å². The summed E-state index contributed by atoms with van der Waals surface area (Å²) in [6.07, 6.45) is 10.0. The zero-order valence-corrected chi connectivity index (χ0v) is 33.1. The van der Waals surface area contributed by atoms with E-state index < -0.39 is 11.8 Å². The van der Waals surface area contributed by atoms with Gasteiger partial charge in [0.15, 0.2) is 24.8 Å². The maximum atomic E-state index is 13.1. The zero-order valence-electron chi connectivity index (χ0n) is 33.1. The second-order valence-electron chi connectivity index (χ2n) is 15.1. The molecule has 302 valence electrons. The fourth-order valence-corrected chi connectivity index (χ4v) is 7.74. The number of aliphatic imine (C=N–C) groups is 2. The Morgan fingerprint density at radius 3 is 1.20 bits per heavy atom. The molecule has 12 nitrogen and oxygen atoms in total. The Labute approximate surface area is 346 Å². The normalized spacial score (nSPS) is 18.2. The van der Waals surface area contributed by atoms with E-state index in [9.17, 15) is 29.4 Å². The van der Waals surface area contributed by atoms with E-state index in [0.717, 1.165) is 0 Å². The number of carbonyl (C=O) groups excluding carboxylic acids is 4. The quantitative estimate of drug-likeness (QED) is 0.155. The molecular formula is C48H42N4O8. The number of rotatable bonds is 2. The molecule has 0 atom stereocenters. The summed E-state index contributed by atoms with van der Waals surface area (Å²) in [7, 11) is 0. The molecule has 0 radical (unpaired) electrons. The zero-order chi connectivity index (χ0) is 41.9. The highest BCUT2D eigenvalue weighted by Crippen LogP contribution is 2.41. The number of allylic oxidation sites excluding steroid dienone is 8. The molecule has 0 saturated carbocycles. The first-order valence-corrected chi connectivity index (χ1v) is 19.7. The van der Waals surface area contributed by atoms with Crippen LogP contribution in [0.25, 0.3) is 0 Å². The van der Waals surface area contributed by atoms with E-state index in [1.807, 2.05) is 50.2 Å². The van der Waals surface area contributed by atoms with Crippen LogP contribution in [0.2, 0.25) is 0 Å². The molecule has 3 aliphatic carbocycles. The number of benzene rings is 4. The SMILES string of the molecule is CC1=CC(=O)C=CC1=Nc1cc2c(O)c(c1)Cc1cccc3c1OCC(=O)NCCNC(=O)COc1c(cccc1Cc1cc(N=C4C=CC(=O)C=C4C)cc(c1O)C3)C2. The van der Waals surface area contributed by atoms with E-state index in [2.05, 4.69) is 10.6 Å². The monoisotopic (exact) mass is 802 g/mol. The minimum atomic E-state index is -0.411. The lowest BCUT2D eigenvalue weighted by Gasteiger charge is -2.21. The van der Waals surface area contributed by atoms with Crippen LogP contribution in [0.15, 0.2) is 118 Å². The summed E-state index contributed by atoms with van der Waals surface area (Å²) in [5.41, 5.74) is 8.49. The number of hydrogen-bond donors (Lipinski definition) is 4. The molecule has 0 aromatic heterocycles. The van der Waals surface area contributed by atoms with Gasteiger partial charge in [-0.15, -0.1) is 0 Å². The van der Waals surface area contributed by atoms with Gasteiger partial charge in [0.1, 0.15) is 23.0 Å². The summed E-state index contributed by atoms with van der Waals surface area (Å²) < 4.78 is 12.7. The predicted molar refractivity (Wildman–Crippen MR) is 227 cm³/mol. The Hall–Kier alpha value is -7.34. The number of para-hydroxylation sites is 2. The van der Waals surface area contributed by atoms with Gasteiger partial charge in [-0.3, -0.25) is 19.2 Å². The van der Waals surface area contributed by atoms with Crippen LogP contribution in [0, 0.1) is 0 Å². The maximum absolute atomic E-state index is 13.1. The average Bonchev–Trinajstić information content (AvgIpc) is 3.21. The minimum absolute atomic E-state index is 0.0307. The number of carbonyl (C=O) groups is 4. The fourth-order valence-electron chi connectivity index (χ4n) is 7.74. The molecule has 0 fully saturated rings. The van der Waals surface area contributed by atoms with E-state index in [4.69, 9.17) is 19.5 Å². The second-order valence-corrected chi connectivity index (χ2v) is 15.1. The van der Waals surface area contributed by atoms with Crippen molar-refractivity contribution < 1.29 is 38.9 Å². The largest absolute Gasteiger partial charge is 0.507 e. The summed E-state index contributed by atoms with van der Waals surface area (Å²) in [5, 5.41) is 29.7. The molecule has 1 heterocycles. The standard InChI is InChI=1S/C48H42N4O8/c1-27-15-39(53)9-11-41(27)51-37-21-33-17-29-5-3-7-31-19-35-23-38(52-42-12-10-40(54)16-28(42)2)24-36(46(35)58)20-32-8-4-6-30(18-34(22-37)45(33)57)48(32)60-26-44(56)50-14-13-49-43(55)25-59-47(29)31/h3-12,15-16,21-24,57-58H,13-14,17-20,25-26H2,1-2H3,(H,49,55)(H,50,56). The van der Waals surface area contributed by atoms with Crippen LogP contribution < -0.4 is 20.1 Å². The molecule has 1 aliphatic heterocycles. The van der Waals surface area contributed by atoms with Crippen LogP contribution in [-0.4, -0.2) is 71.3 Å². The Kier molecular flexibility index (Phi) is 11.1. The number of phenols is 2. The summed E-state index contributed by atoms with van der Waals surface area (Å²) in [5.74, 6) is -0.201. The van der Waals surface area contributed by atoms with Crippen LogP contribution in [0.5, 0.6) is 23.0 Å². The summed E-state index contributed by atoms with van der Waals surface area (Å²) in [6, 6.07) is 18.4. The van der Waals surface area contributed by atoms with Crippen molar-refractivity contribution in [2.45, 2.75) is 39.5 Å². The van der Waals surface area contributed by atoms with E-state index in [-0.39, 0.29) is 75.1 Å². The van der Waals surface area contributed by atoms with Gasteiger partial charge in [-0.1, -0.05) is 36.4 Å². The van der Waals surface area contributed by atoms with Crippen molar-refractivity contribution in [2.24, 2.45) is 9.98 Å². The van der Waals surface area contributed by atoms with Gasteiger partial charge in [0, 0.05) is 61.0 Å². The Bertz CT molecular complexity index is 2410. The first-order chi connectivity index (χ1) is 29.0. The van der Waals surface area contributed by atoms with Gasteiger partial charge in [0.2, 0.25) is 0 Å². The third-order valence-corrected chi connectivity index (χ3v) is 10.7. The van der Waals surface area contributed by atoms with E-state index in [0.29, 0.717) is 90.0 Å². The third kappa shape index (κ3) is 8.73. The van der Waals surface area contributed by atoms with E-state index >= 15 is 0 Å². The van der Waals surface area contributed by atoms with Gasteiger partial charge in [0.25, 0.3) is 11.8 Å². The maximum Gasteiger partial charge on any atom is 0.258 e. The van der Waals surface area contributed by atoms with Gasteiger partial charge in [0.05, 0.1) is 22.8 Å². The van der Waals surface area contributed by atoms with Gasteiger partial charge >= 0.3 is 0 Å². The second kappa shape index (κ2) is 16.9. The smallest absolute Gasteiger partial charge is 0.258 e. The van der Waals surface area contributed by atoms with Gasteiger partial charge in [-0.2, -0.15) is 0 Å². The molecule has 0 spiro atoms. The average molecular weight is 803 g/mol. The molecule has 12 heteroatoms. The molecule has 4 aromatic rings. The van der Waals surface area contributed by atoms with Crippen molar-refractivity contribution in [1.82, 2.24) is 10.6 Å². The molecule has 4 aromatic carbocycles. The molecule has 10 bridgehead atoms. The lowest BCUT2D eigenvalue weighted by atomic mass is 9.90. The number of aromatic hydroxyl groups is 2. The number of amides is 2. The molecule has 4 aliphatic rings. The highest BCUT2D eigenvalue weighted by Gasteiger charge is 2.23. The predicted octanol–water partition coefficient (Wildman–Crippen LogP) is 6.09. The first-order valence-electron chi connectivity index (χ1n) is 19.7. The number of hydrogen-bond acceptors (Lipinski definition) is 10. The highest BCUT2D eigenvalue weighted by molar-refractivity contribution is 6.20. The van der Waals surface area contributed by atoms with Crippen molar-refractivity contribution >= 4 is 46.2 Å². The van der Waals surface area contributed by atoms with Gasteiger partial charge < -0.3 is 30.3 Å². The minimum Gasteiger partial charge on any atom is -0.507 e.